The Morgan fingerprint density at radius 2 is 2.06 bits per heavy atom. The molecular formula is C21H23FN8O. The van der Waals surface area contributed by atoms with Crippen molar-refractivity contribution < 1.29 is 9.13 Å². The van der Waals surface area contributed by atoms with E-state index in [0.717, 1.165) is 30.3 Å². The summed E-state index contributed by atoms with van der Waals surface area (Å²) in [5.74, 6) is 1.41. The molecule has 1 saturated heterocycles. The van der Waals surface area contributed by atoms with E-state index in [1.54, 1.807) is 26.4 Å². The molecule has 0 radical (unpaired) electrons. The molecule has 4 aromatic rings. The molecule has 4 heterocycles. The number of anilines is 2. The lowest BCUT2D eigenvalue weighted by Gasteiger charge is -2.32. The highest BCUT2D eigenvalue weighted by Crippen LogP contribution is 2.37. The van der Waals surface area contributed by atoms with Crippen LogP contribution in [0.25, 0.3) is 21.9 Å². The largest absolute Gasteiger partial charge is 0.421 e. The first-order valence-corrected chi connectivity index (χ1v) is 10.2. The second kappa shape index (κ2) is 7.62. The summed E-state index contributed by atoms with van der Waals surface area (Å²) >= 11 is 0. The lowest BCUT2D eigenvalue weighted by Crippen LogP contribution is -2.43. The summed E-state index contributed by atoms with van der Waals surface area (Å²) in [6, 6.07) is 3.15. The Balaban J connectivity index is 1.71. The van der Waals surface area contributed by atoms with E-state index in [-0.39, 0.29) is 17.9 Å². The van der Waals surface area contributed by atoms with Gasteiger partial charge in [0.25, 0.3) is 0 Å². The molecule has 1 aliphatic rings. The minimum absolute atomic E-state index is 0.0449. The number of ether oxygens (including phenoxy) is 1. The second-order valence-corrected chi connectivity index (χ2v) is 7.72. The van der Waals surface area contributed by atoms with Crippen molar-refractivity contribution >= 4 is 33.4 Å². The maximum Gasteiger partial charge on any atom is 0.326 e. The molecule has 1 aromatic carbocycles. The van der Waals surface area contributed by atoms with Crippen LogP contribution in [0.1, 0.15) is 18.7 Å². The van der Waals surface area contributed by atoms with Gasteiger partial charge in [-0.2, -0.15) is 9.97 Å². The standard InChI is InChI=1S/C21H23FN8O/c1-11-25-8-14(9-26-11)31-21-28-19-17(20(29-21)30-5-3-4-13(23)10-30)15-6-12(22)7-16(24-2)18(15)27-19/h6-9,13,24H,3-5,10,23H2,1-2H3,(H,27,28,29)/t13-/m1/s1. The van der Waals surface area contributed by atoms with E-state index < -0.39 is 0 Å². The zero-order valence-electron chi connectivity index (χ0n) is 17.3. The van der Waals surface area contributed by atoms with E-state index in [1.165, 1.54) is 12.1 Å². The number of aromatic nitrogens is 5. The summed E-state index contributed by atoms with van der Waals surface area (Å²) in [7, 11) is 1.75. The summed E-state index contributed by atoms with van der Waals surface area (Å²) in [4.78, 5) is 23.0. The Kier molecular flexibility index (Phi) is 4.78. The van der Waals surface area contributed by atoms with Crippen molar-refractivity contribution in [2.75, 3.05) is 30.4 Å². The number of rotatable bonds is 4. The van der Waals surface area contributed by atoms with Gasteiger partial charge in [0.2, 0.25) is 0 Å². The van der Waals surface area contributed by atoms with Crippen molar-refractivity contribution in [3.63, 3.8) is 0 Å². The highest BCUT2D eigenvalue weighted by atomic mass is 19.1. The number of benzene rings is 1. The van der Waals surface area contributed by atoms with Crippen molar-refractivity contribution in [1.29, 1.82) is 0 Å². The van der Waals surface area contributed by atoms with Crippen LogP contribution in [0.2, 0.25) is 0 Å². The van der Waals surface area contributed by atoms with Gasteiger partial charge in [-0.25, -0.2) is 14.4 Å². The van der Waals surface area contributed by atoms with Gasteiger partial charge in [-0.3, -0.25) is 0 Å². The summed E-state index contributed by atoms with van der Waals surface area (Å²) in [6.45, 7) is 3.25. The summed E-state index contributed by atoms with van der Waals surface area (Å²) < 4.78 is 20.2. The van der Waals surface area contributed by atoms with E-state index in [4.69, 9.17) is 15.5 Å². The fraction of sp³-hybridized carbons (Fsp3) is 0.333. The van der Waals surface area contributed by atoms with Crippen LogP contribution in [0, 0.1) is 12.7 Å². The molecule has 160 valence electrons. The van der Waals surface area contributed by atoms with Gasteiger partial charge in [0.05, 0.1) is 29.0 Å². The SMILES string of the molecule is CNc1cc(F)cc2c1[nH]c1nc(Oc3cnc(C)nc3)nc(N3CCC[C@@H](N)C3)c12. The van der Waals surface area contributed by atoms with Gasteiger partial charge in [-0.05, 0) is 31.9 Å². The molecule has 5 rings (SSSR count). The van der Waals surface area contributed by atoms with E-state index in [9.17, 15) is 4.39 Å². The fourth-order valence-electron chi connectivity index (χ4n) is 4.04. The van der Waals surface area contributed by atoms with Crippen molar-refractivity contribution in [1.82, 2.24) is 24.9 Å². The molecule has 1 aliphatic heterocycles. The van der Waals surface area contributed by atoms with Gasteiger partial charge in [-0.1, -0.05) is 0 Å². The molecule has 10 heteroatoms. The van der Waals surface area contributed by atoms with Crippen molar-refractivity contribution in [2.45, 2.75) is 25.8 Å². The lowest BCUT2D eigenvalue weighted by atomic mass is 10.1. The average molecular weight is 422 g/mol. The lowest BCUT2D eigenvalue weighted by molar-refractivity contribution is 0.436. The Morgan fingerprint density at radius 3 is 2.81 bits per heavy atom. The van der Waals surface area contributed by atoms with Crippen molar-refractivity contribution in [3.05, 3.63) is 36.2 Å². The fourth-order valence-corrected chi connectivity index (χ4v) is 4.04. The topological polar surface area (TPSA) is 118 Å². The number of hydrogen-bond donors (Lipinski definition) is 3. The first-order chi connectivity index (χ1) is 15.0. The van der Waals surface area contributed by atoms with E-state index >= 15 is 0 Å². The maximum atomic E-state index is 14.4. The number of halogens is 1. The minimum Gasteiger partial charge on any atom is -0.421 e. The van der Waals surface area contributed by atoms with Gasteiger partial charge in [0.1, 0.15) is 23.1 Å². The molecule has 9 nitrogen and oxygen atoms in total. The van der Waals surface area contributed by atoms with E-state index in [1.807, 2.05) is 0 Å². The first-order valence-electron chi connectivity index (χ1n) is 10.2. The molecule has 3 aromatic heterocycles. The number of fused-ring (bicyclic) bond motifs is 3. The van der Waals surface area contributed by atoms with Crippen LogP contribution in [-0.4, -0.2) is 51.1 Å². The predicted octanol–water partition coefficient (Wildman–Crippen LogP) is 3.11. The molecule has 0 amide bonds. The monoisotopic (exact) mass is 422 g/mol. The third-order valence-electron chi connectivity index (χ3n) is 5.48. The molecule has 0 saturated carbocycles. The number of piperidine rings is 1. The smallest absolute Gasteiger partial charge is 0.326 e. The summed E-state index contributed by atoms with van der Waals surface area (Å²) in [6.07, 6.45) is 5.06. The predicted molar refractivity (Wildman–Crippen MR) is 117 cm³/mol. The van der Waals surface area contributed by atoms with E-state index in [0.29, 0.717) is 40.7 Å². The third kappa shape index (κ3) is 3.59. The van der Waals surface area contributed by atoms with Gasteiger partial charge >= 0.3 is 6.01 Å². The van der Waals surface area contributed by atoms with Crippen LogP contribution in [0.15, 0.2) is 24.5 Å². The second-order valence-electron chi connectivity index (χ2n) is 7.72. The Bertz CT molecular complexity index is 1260. The zero-order valence-corrected chi connectivity index (χ0v) is 17.3. The van der Waals surface area contributed by atoms with Crippen LogP contribution in [0.5, 0.6) is 11.8 Å². The zero-order chi connectivity index (χ0) is 21.5. The molecule has 0 spiro atoms. The number of nitrogens with zero attached hydrogens (tertiary/aromatic N) is 5. The van der Waals surface area contributed by atoms with Crippen LogP contribution in [0.3, 0.4) is 0 Å². The van der Waals surface area contributed by atoms with Crippen molar-refractivity contribution in [3.8, 4) is 11.8 Å². The minimum atomic E-state index is -0.337. The Morgan fingerprint density at radius 1 is 1.26 bits per heavy atom. The number of hydrogen-bond acceptors (Lipinski definition) is 8. The number of nitrogens with two attached hydrogens (primary N) is 1. The number of aryl methyl sites for hydroxylation is 1. The number of nitrogens with one attached hydrogen (secondary N) is 2. The third-order valence-corrected chi connectivity index (χ3v) is 5.48. The van der Waals surface area contributed by atoms with Crippen LogP contribution >= 0.6 is 0 Å². The molecule has 1 fully saturated rings. The molecular weight excluding hydrogens is 399 g/mol. The van der Waals surface area contributed by atoms with Crippen LogP contribution in [0.4, 0.5) is 15.9 Å². The molecule has 4 N–H and O–H groups in total. The van der Waals surface area contributed by atoms with Gasteiger partial charge in [0.15, 0.2) is 5.75 Å². The van der Waals surface area contributed by atoms with Crippen molar-refractivity contribution in [2.24, 2.45) is 5.73 Å². The number of aromatic amines is 1. The quantitative estimate of drug-likeness (QED) is 0.459. The normalized spacial score (nSPS) is 16.8. The number of H-pyrrole nitrogens is 1. The van der Waals surface area contributed by atoms with Crippen LogP contribution < -0.4 is 20.7 Å². The average Bonchev–Trinajstić information content (AvgIpc) is 3.12. The first kappa shape index (κ1) is 19.4. The molecule has 0 unspecified atom stereocenters. The molecule has 0 bridgehead atoms. The molecule has 1 atom stereocenters. The Labute approximate surface area is 177 Å². The highest BCUT2D eigenvalue weighted by Gasteiger charge is 2.25. The molecule has 0 aliphatic carbocycles. The molecule has 31 heavy (non-hydrogen) atoms. The van der Waals surface area contributed by atoms with Crippen LogP contribution in [-0.2, 0) is 0 Å². The maximum absolute atomic E-state index is 14.4. The van der Waals surface area contributed by atoms with Gasteiger partial charge in [0, 0.05) is 31.6 Å². The van der Waals surface area contributed by atoms with Gasteiger partial charge in [-0.15, -0.1) is 0 Å². The Hall–Kier alpha value is -3.53. The van der Waals surface area contributed by atoms with E-state index in [2.05, 4.69) is 30.2 Å². The summed E-state index contributed by atoms with van der Waals surface area (Å²) in [5.41, 5.74) is 8.19. The highest BCUT2D eigenvalue weighted by molar-refractivity contribution is 6.14. The van der Waals surface area contributed by atoms with Gasteiger partial charge < -0.3 is 25.7 Å². The summed E-state index contributed by atoms with van der Waals surface area (Å²) in [5, 5.41) is 4.49.